The average Bonchev–Trinajstić information content (AvgIpc) is 2.07. The Hall–Kier alpha value is -1.19. The van der Waals surface area contributed by atoms with Crippen molar-refractivity contribution in [2.75, 3.05) is 13.6 Å². The van der Waals surface area contributed by atoms with Crippen LogP contribution in [0, 0.1) is 0 Å². The molecule has 0 radical (unpaired) electrons. The Labute approximate surface area is 72.6 Å². The summed E-state index contributed by atoms with van der Waals surface area (Å²) >= 11 is 0. The summed E-state index contributed by atoms with van der Waals surface area (Å²) in [6.07, 6.45) is 1.71. The fourth-order valence-corrected chi connectivity index (χ4v) is 1.01. The fraction of sp³-hybridized carbons (Fsp3) is 0.625. The second kappa shape index (κ2) is 3.47. The number of rotatable bonds is 2. The second-order valence-corrected chi connectivity index (χ2v) is 2.85. The molecule has 1 atom stereocenters. The predicted molar refractivity (Wildman–Crippen MR) is 49.0 cm³/mol. The van der Waals surface area contributed by atoms with Gasteiger partial charge in [0.2, 0.25) is 0 Å². The lowest BCUT2D eigenvalue weighted by Gasteiger charge is -2.26. The van der Waals surface area contributed by atoms with Gasteiger partial charge in [-0.15, -0.1) is 0 Å². The van der Waals surface area contributed by atoms with Crippen LogP contribution in [0.3, 0.4) is 0 Å². The van der Waals surface area contributed by atoms with E-state index in [1.165, 1.54) is 0 Å². The molecule has 0 aromatic rings. The van der Waals surface area contributed by atoms with Crippen molar-refractivity contribution in [1.29, 1.82) is 0 Å². The Morgan fingerprint density at radius 1 is 1.75 bits per heavy atom. The summed E-state index contributed by atoms with van der Waals surface area (Å²) < 4.78 is 0. The van der Waals surface area contributed by atoms with Gasteiger partial charge in [0, 0.05) is 13.6 Å². The van der Waals surface area contributed by atoms with Crippen LogP contribution in [0.2, 0.25) is 0 Å². The van der Waals surface area contributed by atoms with Crippen molar-refractivity contribution >= 4 is 6.34 Å². The van der Waals surface area contributed by atoms with E-state index in [2.05, 4.69) is 10.3 Å². The van der Waals surface area contributed by atoms with E-state index in [-0.39, 0.29) is 6.04 Å². The average molecular weight is 169 g/mol. The number of likely N-dealkylation sites (N-methyl/N-ethyl adjacent to an activating group) is 1. The van der Waals surface area contributed by atoms with E-state index in [0.717, 1.165) is 6.54 Å². The van der Waals surface area contributed by atoms with Gasteiger partial charge in [0.05, 0.1) is 12.4 Å². The van der Waals surface area contributed by atoms with Gasteiger partial charge in [-0.05, 0) is 13.8 Å². The van der Waals surface area contributed by atoms with E-state index in [4.69, 9.17) is 0 Å². The number of hydrogen-bond acceptors (Lipinski definition) is 4. The molecule has 0 saturated heterocycles. The molecule has 4 heteroatoms. The van der Waals surface area contributed by atoms with Crippen molar-refractivity contribution in [2.24, 2.45) is 4.99 Å². The minimum absolute atomic E-state index is 0.0107. The van der Waals surface area contributed by atoms with Crippen LogP contribution in [0.5, 0.6) is 0 Å². The van der Waals surface area contributed by atoms with Crippen LogP contribution < -0.4 is 5.32 Å². The maximum Gasteiger partial charge on any atom is 0.167 e. The summed E-state index contributed by atoms with van der Waals surface area (Å²) in [4.78, 5) is 5.91. The maximum absolute atomic E-state index is 9.60. The van der Waals surface area contributed by atoms with Crippen molar-refractivity contribution in [3.63, 3.8) is 0 Å². The molecule has 12 heavy (non-hydrogen) atoms. The van der Waals surface area contributed by atoms with Crippen LogP contribution in [0.25, 0.3) is 0 Å². The van der Waals surface area contributed by atoms with E-state index in [0.29, 0.717) is 11.6 Å². The van der Waals surface area contributed by atoms with E-state index < -0.39 is 0 Å². The number of aliphatic hydroxyl groups excluding tert-OH is 1. The van der Waals surface area contributed by atoms with E-state index >= 15 is 0 Å². The third-order valence-electron chi connectivity index (χ3n) is 1.96. The third kappa shape index (κ3) is 1.52. The normalized spacial score (nSPS) is 23.2. The van der Waals surface area contributed by atoms with Gasteiger partial charge >= 0.3 is 0 Å². The Morgan fingerprint density at radius 2 is 2.42 bits per heavy atom. The number of hydrogen-bond donors (Lipinski definition) is 2. The largest absolute Gasteiger partial charge is 0.506 e. The Bertz CT molecular complexity index is 222. The number of aliphatic imine (C=N–C) groups is 1. The zero-order valence-corrected chi connectivity index (χ0v) is 7.70. The highest BCUT2D eigenvalue weighted by atomic mass is 16.3. The first-order chi connectivity index (χ1) is 5.66. The summed E-state index contributed by atoms with van der Waals surface area (Å²) in [6, 6.07) is 0.0107. The lowest BCUT2D eigenvalue weighted by Crippen LogP contribution is -2.35. The molecule has 0 unspecified atom stereocenters. The molecule has 1 aliphatic heterocycles. The maximum atomic E-state index is 9.60. The smallest absolute Gasteiger partial charge is 0.167 e. The summed E-state index contributed by atoms with van der Waals surface area (Å²) in [5, 5.41) is 12.6. The Balaban J connectivity index is 2.79. The molecule has 0 spiro atoms. The highest BCUT2D eigenvalue weighted by molar-refractivity contribution is 5.59. The summed E-state index contributed by atoms with van der Waals surface area (Å²) in [5.41, 5.74) is 0. The van der Waals surface area contributed by atoms with Crippen LogP contribution >= 0.6 is 0 Å². The summed E-state index contributed by atoms with van der Waals surface area (Å²) in [7, 11) is 1.88. The molecule has 2 N–H and O–H groups in total. The van der Waals surface area contributed by atoms with Crippen LogP contribution in [0.15, 0.2) is 16.6 Å². The highest BCUT2D eigenvalue weighted by Crippen LogP contribution is 2.13. The van der Waals surface area contributed by atoms with Crippen molar-refractivity contribution in [2.45, 2.75) is 19.9 Å². The van der Waals surface area contributed by atoms with Crippen molar-refractivity contribution in [3.05, 3.63) is 11.6 Å². The molecule has 68 valence electrons. The lowest BCUT2D eigenvalue weighted by molar-refractivity contribution is 0.281. The number of nitrogens with zero attached hydrogens (tertiary/aromatic N) is 2. The van der Waals surface area contributed by atoms with Gasteiger partial charge in [-0.2, -0.15) is 0 Å². The monoisotopic (exact) mass is 169 g/mol. The highest BCUT2D eigenvalue weighted by Gasteiger charge is 2.19. The van der Waals surface area contributed by atoms with Crippen molar-refractivity contribution in [1.82, 2.24) is 10.2 Å². The first kappa shape index (κ1) is 8.90. The van der Waals surface area contributed by atoms with Gasteiger partial charge < -0.3 is 15.3 Å². The minimum atomic E-state index is 0.0107. The van der Waals surface area contributed by atoms with E-state index in [1.807, 2.05) is 25.8 Å². The van der Waals surface area contributed by atoms with Gasteiger partial charge in [0.15, 0.2) is 11.6 Å². The molecule has 0 aromatic carbocycles. The van der Waals surface area contributed by atoms with E-state index in [9.17, 15) is 5.11 Å². The molecule has 0 amide bonds. The third-order valence-corrected chi connectivity index (χ3v) is 1.96. The van der Waals surface area contributed by atoms with Gasteiger partial charge in [0.25, 0.3) is 0 Å². The zero-order valence-electron chi connectivity index (χ0n) is 7.70. The quantitative estimate of drug-likeness (QED) is 0.639. The van der Waals surface area contributed by atoms with E-state index in [1.54, 1.807) is 6.34 Å². The van der Waals surface area contributed by atoms with Crippen molar-refractivity contribution in [3.8, 4) is 0 Å². The molecule has 0 bridgehead atoms. The van der Waals surface area contributed by atoms with Gasteiger partial charge in [-0.3, -0.25) is 0 Å². The SMILES string of the molecule is CCNC1=C(O)[C@H](C)N(C)C=N1. The first-order valence-electron chi connectivity index (χ1n) is 4.10. The molecule has 0 aliphatic carbocycles. The molecule has 0 saturated carbocycles. The van der Waals surface area contributed by atoms with Gasteiger partial charge in [0.1, 0.15) is 0 Å². The Kier molecular flexibility index (Phi) is 2.58. The van der Waals surface area contributed by atoms with Gasteiger partial charge in [-0.1, -0.05) is 0 Å². The predicted octanol–water partition coefficient (Wildman–Crippen LogP) is 0.685. The van der Waals surface area contributed by atoms with Crippen molar-refractivity contribution < 1.29 is 5.11 Å². The molecular formula is C8H15N3O. The van der Waals surface area contributed by atoms with Gasteiger partial charge in [-0.25, -0.2) is 4.99 Å². The minimum Gasteiger partial charge on any atom is -0.506 e. The van der Waals surface area contributed by atoms with Crippen LogP contribution in [0.1, 0.15) is 13.8 Å². The molecule has 0 aromatic heterocycles. The summed E-state index contributed by atoms with van der Waals surface area (Å²) in [5.74, 6) is 0.893. The van der Waals surface area contributed by atoms with Crippen LogP contribution in [-0.2, 0) is 0 Å². The molecule has 1 rings (SSSR count). The van der Waals surface area contributed by atoms with Crippen LogP contribution in [0.4, 0.5) is 0 Å². The Morgan fingerprint density at radius 3 is 3.00 bits per heavy atom. The molecule has 1 heterocycles. The second-order valence-electron chi connectivity index (χ2n) is 2.85. The number of aliphatic hydroxyl groups is 1. The lowest BCUT2D eigenvalue weighted by atomic mass is 10.2. The number of nitrogens with one attached hydrogen (secondary N) is 1. The zero-order chi connectivity index (χ0) is 9.14. The molecule has 1 aliphatic rings. The fourth-order valence-electron chi connectivity index (χ4n) is 1.01. The molecule has 4 nitrogen and oxygen atoms in total. The molecular weight excluding hydrogens is 154 g/mol. The first-order valence-corrected chi connectivity index (χ1v) is 4.10. The standard InChI is InChI=1S/C8H15N3O/c1-4-9-8-7(12)6(2)11(3)5-10-8/h5-6,9,12H,4H2,1-3H3/t6-/m0/s1. The van der Waals surface area contributed by atoms with Crippen LogP contribution in [-0.4, -0.2) is 36.0 Å². The topological polar surface area (TPSA) is 47.9 Å². The summed E-state index contributed by atoms with van der Waals surface area (Å²) in [6.45, 7) is 4.67. The molecule has 0 fully saturated rings.